The monoisotopic (exact) mass is 286 g/mol. The van der Waals surface area contributed by atoms with Gasteiger partial charge in [-0.2, -0.15) is 0 Å². The number of anilines is 1. The molecule has 0 bridgehead atoms. The fourth-order valence-corrected chi connectivity index (χ4v) is 2.51. The Balaban J connectivity index is 2.03. The second kappa shape index (κ2) is 5.60. The van der Waals surface area contributed by atoms with Gasteiger partial charge in [-0.3, -0.25) is 4.79 Å². The van der Waals surface area contributed by atoms with Crippen LogP contribution in [0, 0.1) is 5.92 Å². The van der Waals surface area contributed by atoms with Gasteiger partial charge in [0.1, 0.15) is 18.1 Å². The average molecular weight is 286 g/mol. The third kappa shape index (κ3) is 3.07. The van der Waals surface area contributed by atoms with Crippen LogP contribution in [0.1, 0.15) is 12.8 Å². The molecule has 0 spiro atoms. The number of nitrogens with zero attached hydrogens (tertiary/aromatic N) is 2. The number of methoxy groups -OCH3 is 1. The molecule has 1 aliphatic carbocycles. The van der Waals surface area contributed by atoms with Crippen LogP contribution in [-0.4, -0.2) is 36.3 Å². The lowest BCUT2D eigenvalue weighted by Crippen LogP contribution is -2.32. The number of benzene rings is 1. The van der Waals surface area contributed by atoms with E-state index >= 15 is 0 Å². The molecule has 5 heteroatoms. The van der Waals surface area contributed by atoms with Gasteiger partial charge in [0.15, 0.2) is 0 Å². The summed E-state index contributed by atoms with van der Waals surface area (Å²) in [7, 11) is 1.62. The third-order valence-electron chi connectivity index (χ3n) is 3.75. The number of aliphatic carboxylic acids is 1. The van der Waals surface area contributed by atoms with Crippen LogP contribution in [0.4, 0.5) is 5.82 Å². The van der Waals surface area contributed by atoms with Gasteiger partial charge in [0.2, 0.25) is 0 Å². The lowest BCUT2D eigenvalue weighted by molar-refractivity contribution is -0.135. The molecule has 21 heavy (non-hydrogen) atoms. The highest BCUT2D eigenvalue weighted by Gasteiger charge is 2.26. The summed E-state index contributed by atoms with van der Waals surface area (Å²) in [4.78, 5) is 17.4. The molecule has 1 heterocycles. The summed E-state index contributed by atoms with van der Waals surface area (Å²) < 4.78 is 5.27. The number of rotatable bonds is 6. The van der Waals surface area contributed by atoms with E-state index in [0.717, 1.165) is 28.9 Å². The van der Waals surface area contributed by atoms with Gasteiger partial charge in [-0.05, 0) is 42.3 Å². The Morgan fingerprint density at radius 2 is 2.24 bits per heavy atom. The first-order valence-corrected chi connectivity index (χ1v) is 7.07. The smallest absolute Gasteiger partial charge is 0.323 e. The van der Waals surface area contributed by atoms with Crippen molar-refractivity contribution in [1.82, 2.24) is 4.98 Å². The van der Waals surface area contributed by atoms with Crippen molar-refractivity contribution in [3.8, 4) is 5.75 Å². The van der Waals surface area contributed by atoms with Crippen molar-refractivity contribution >= 4 is 22.6 Å². The van der Waals surface area contributed by atoms with E-state index in [0.29, 0.717) is 5.92 Å². The number of carbonyl (C=O) groups is 1. The van der Waals surface area contributed by atoms with Gasteiger partial charge in [0, 0.05) is 18.1 Å². The lowest BCUT2D eigenvalue weighted by Gasteiger charge is -2.23. The SMILES string of the molecule is COc1ccc2ccnc(N(CC(=O)O)CC3CC3)c2c1. The van der Waals surface area contributed by atoms with Crippen molar-refractivity contribution in [2.24, 2.45) is 5.92 Å². The quantitative estimate of drug-likeness (QED) is 0.884. The van der Waals surface area contributed by atoms with Gasteiger partial charge < -0.3 is 14.7 Å². The Morgan fingerprint density at radius 1 is 1.43 bits per heavy atom. The molecule has 0 radical (unpaired) electrons. The molecule has 5 nitrogen and oxygen atoms in total. The van der Waals surface area contributed by atoms with E-state index in [1.165, 1.54) is 12.8 Å². The van der Waals surface area contributed by atoms with Crippen LogP contribution in [0.25, 0.3) is 10.8 Å². The maximum absolute atomic E-state index is 11.1. The second-order valence-corrected chi connectivity index (χ2v) is 5.44. The standard InChI is InChI=1S/C16H18N2O3/c1-21-13-5-4-12-6-7-17-16(14(12)8-13)18(10-15(19)20)9-11-2-3-11/h4-8,11H,2-3,9-10H2,1H3,(H,19,20). The minimum Gasteiger partial charge on any atom is -0.497 e. The normalized spacial score (nSPS) is 14.1. The van der Waals surface area contributed by atoms with Crippen molar-refractivity contribution in [3.05, 3.63) is 30.5 Å². The van der Waals surface area contributed by atoms with Crippen molar-refractivity contribution in [1.29, 1.82) is 0 Å². The molecule has 1 N–H and O–H groups in total. The zero-order chi connectivity index (χ0) is 14.8. The number of pyridine rings is 1. The molecule has 110 valence electrons. The lowest BCUT2D eigenvalue weighted by atomic mass is 10.1. The molecule has 0 atom stereocenters. The first kappa shape index (κ1) is 13.7. The van der Waals surface area contributed by atoms with Gasteiger partial charge in [-0.25, -0.2) is 4.98 Å². The fraction of sp³-hybridized carbons (Fsp3) is 0.375. The van der Waals surface area contributed by atoms with Crippen molar-refractivity contribution in [2.75, 3.05) is 25.1 Å². The minimum atomic E-state index is -0.836. The van der Waals surface area contributed by atoms with Crippen LogP contribution in [-0.2, 0) is 4.79 Å². The molecule has 1 aliphatic rings. The van der Waals surface area contributed by atoms with Crippen molar-refractivity contribution in [3.63, 3.8) is 0 Å². The van der Waals surface area contributed by atoms with Gasteiger partial charge in [-0.1, -0.05) is 6.07 Å². The van der Waals surface area contributed by atoms with Gasteiger partial charge in [0.05, 0.1) is 7.11 Å². The highest BCUT2D eigenvalue weighted by atomic mass is 16.5. The average Bonchev–Trinajstić information content (AvgIpc) is 3.29. The largest absolute Gasteiger partial charge is 0.497 e. The van der Waals surface area contributed by atoms with Crippen molar-refractivity contribution < 1.29 is 14.6 Å². The summed E-state index contributed by atoms with van der Waals surface area (Å²) in [5.74, 6) is 1.23. The Labute approximate surface area is 123 Å². The number of fused-ring (bicyclic) bond motifs is 1. The van der Waals surface area contributed by atoms with Crippen LogP contribution in [0.15, 0.2) is 30.5 Å². The zero-order valence-corrected chi connectivity index (χ0v) is 12.0. The Hall–Kier alpha value is -2.30. The zero-order valence-electron chi connectivity index (χ0n) is 12.0. The minimum absolute atomic E-state index is 0.0280. The number of ether oxygens (including phenoxy) is 1. The van der Waals surface area contributed by atoms with Crippen LogP contribution in [0.3, 0.4) is 0 Å². The summed E-state index contributed by atoms with van der Waals surface area (Å²) in [5.41, 5.74) is 0. The summed E-state index contributed by atoms with van der Waals surface area (Å²) in [6.45, 7) is 0.718. The summed E-state index contributed by atoms with van der Waals surface area (Å²) in [5, 5.41) is 11.1. The molecule has 1 aromatic carbocycles. The predicted molar refractivity (Wildman–Crippen MR) is 80.9 cm³/mol. The van der Waals surface area contributed by atoms with E-state index < -0.39 is 5.97 Å². The maximum Gasteiger partial charge on any atom is 0.323 e. The fourth-order valence-electron chi connectivity index (χ4n) is 2.51. The molecular weight excluding hydrogens is 268 g/mol. The predicted octanol–water partition coefficient (Wildman–Crippen LogP) is 2.54. The van der Waals surface area contributed by atoms with Gasteiger partial charge >= 0.3 is 5.97 Å². The highest BCUT2D eigenvalue weighted by Crippen LogP contribution is 2.33. The molecule has 1 aromatic heterocycles. The first-order chi connectivity index (χ1) is 10.2. The topological polar surface area (TPSA) is 62.7 Å². The number of hydrogen-bond acceptors (Lipinski definition) is 4. The number of aromatic nitrogens is 1. The Bertz CT molecular complexity index is 668. The molecule has 0 unspecified atom stereocenters. The number of carboxylic acids is 1. The molecule has 0 aliphatic heterocycles. The first-order valence-electron chi connectivity index (χ1n) is 7.07. The molecule has 0 saturated heterocycles. The second-order valence-electron chi connectivity index (χ2n) is 5.44. The van der Waals surface area contributed by atoms with E-state index in [2.05, 4.69) is 4.98 Å². The summed E-state index contributed by atoms with van der Waals surface area (Å²) in [6.07, 6.45) is 4.07. The van der Waals surface area contributed by atoms with E-state index in [4.69, 9.17) is 9.84 Å². The van der Waals surface area contributed by atoms with Crippen LogP contribution < -0.4 is 9.64 Å². The number of hydrogen-bond donors (Lipinski definition) is 1. The van der Waals surface area contributed by atoms with Gasteiger partial charge in [-0.15, -0.1) is 0 Å². The molecule has 0 amide bonds. The molecule has 1 fully saturated rings. The third-order valence-corrected chi connectivity index (χ3v) is 3.75. The van der Waals surface area contributed by atoms with Crippen molar-refractivity contribution in [2.45, 2.75) is 12.8 Å². The highest BCUT2D eigenvalue weighted by molar-refractivity contribution is 5.94. The van der Waals surface area contributed by atoms with E-state index in [9.17, 15) is 4.79 Å². The summed E-state index contributed by atoms with van der Waals surface area (Å²) in [6, 6.07) is 7.71. The molecule has 1 saturated carbocycles. The van der Waals surface area contributed by atoms with Gasteiger partial charge in [0.25, 0.3) is 0 Å². The molecule has 3 rings (SSSR count). The molecular formula is C16H18N2O3. The molecule has 2 aromatic rings. The maximum atomic E-state index is 11.1. The van der Waals surface area contributed by atoms with E-state index in [-0.39, 0.29) is 6.54 Å². The van der Waals surface area contributed by atoms with Crippen LogP contribution >= 0.6 is 0 Å². The van der Waals surface area contributed by atoms with Crippen LogP contribution in [0.2, 0.25) is 0 Å². The Morgan fingerprint density at radius 3 is 2.90 bits per heavy atom. The Kier molecular flexibility index (Phi) is 3.64. The van der Waals surface area contributed by atoms with E-state index in [1.807, 2.05) is 29.2 Å². The summed E-state index contributed by atoms with van der Waals surface area (Å²) >= 11 is 0. The van der Waals surface area contributed by atoms with E-state index in [1.54, 1.807) is 13.3 Å². The van der Waals surface area contributed by atoms with Crippen LogP contribution in [0.5, 0.6) is 5.75 Å². The number of carboxylic acid groups (broad SMARTS) is 1.